The van der Waals surface area contributed by atoms with Crippen molar-refractivity contribution in [3.8, 4) is 11.5 Å². The van der Waals surface area contributed by atoms with E-state index in [1.807, 2.05) is 13.8 Å². The molecule has 4 N–H and O–H groups in total. The number of hydrogen-bond acceptors (Lipinski definition) is 7. The van der Waals surface area contributed by atoms with E-state index in [2.05, 4.69) is 10.6 Å². The Bertz CT molecular complexity index is 1070. The maximum absolute atomic E-state index is 12.4. The van der Waals surface area contributed by atoms with E-state index in [4.69, 9.17) is 14.6 Å². The maximum atomic E-state index is 12.4. The molecule has 0 saturated carbocycles. The zero-order chi connectivity index (χ0) is 25.1. The minimum Gasteiger partial charge on any atom is -0.490 e. The number of rotatable bonds is 13. The topological polar surface area (TPSA) is 140 Å². The number of nitrogens with zero attached hydrogens (tertiary/aromatic N) is 1. The number of hydrogen-bond donors (Lipinski definition) is 3. The molecular formula is C23H32N4O6S. The highest BCUT2D eigenvalue weighted by molar-refractivity contribution is 7.89. The Labute approximate surface area is 200 Å². The van der Waals surface area contributed by atoms with Gasteiger partial charge in [-0.2, -0.15) is 0 Å². The van der Waals surface area contributed by atoms with E-state index < -0.39 is 10.0 Å². The minimum atomic E-state index is -3.73. The summed E-state index contributed by atoms with van der Waals surface area (Å²) >= 11 is 0. The smallest absolute Gasteiger partial charge is 0.238 e. The van der Waals surface area contributed by atoms with E-state index >= 15 is 0 Å². The van der Waals surface area contributed by atoms with Crippen LogP contribution < -0.4 is 25.2 Å². The summed E-state index contributed by atoms with van der Waals surface area (Å²) in [6.07, 6.45) is 0.529. The Balaban J connectivity index is 1.77. The van der Waals surface area contributed by atoms with Gasteiger partial charge in [-0.05, 0) is 57.1 Å². The molecule has 0 aliphatic heterocycles. The van der Waals surface area contributed by atoms with Gasteiger partial charge >= 0.3 is 0 Å². The van der Waals surface area contributed by atoms with Crippen molar-refractivity contribution in [1.29, 1.82) is 0 Å². The first kappa shape index (κ1) is 27.1. The molecular weight excluding hydrogens is 460 g/mol. The van der Waals surface area contributed by atoms with Crippen molar-refractivity contribution < 1.29 is 27.5 Å². The van der Waals surface area contributed by atoms with E-state index in [0.29, 0.717) is 43.4 Å². The number of nitrogens with two attached hydrogens (primary N) is 1. The van der Waals surface area contributed by atoms with Gasteiger partial charge in [0.25, 0.3) is 0 Å². The van der Waals surface area contributed by atoms with Crippen molar-refractivity contribution in [2.24, 2.45) is 5.14 Å². The monoisotopic (exact) mass is 492 g/mol. The lowest BCUT2D eigenvalue weighted by atomic mass is 10.1. The zero-order valence-electron chi connectivity index (χ0n) is 19.7. The molecule has 0 heterocycles. The number of carbonyl (C=O) groups is 2. The highest BCUT2D eigenvalue weighted by Crippen LogP contribution is 2.30. The van der Waals surface area contributed by atoms with Gasteiger partial charge < -0.3 is 20.1 Å². The summed E-state index contributed by atoms with van der Waals surface area (Å²) in [6, 6.07) is 11.3. The first-order valence-electron chi connectivity index (χ1n) is 10.9. The van der Waals surface area contributed by atoms with E-state index in [-0.39, 0.29) is 29.8 Å². The molecule has 0 aromatic heterocycles. The number of ether oxygens (including phenoxy) is 2. The van der Waals surface area contributed by atoms with E-state index in [1.165, 1.54) is 12.1 Å². The fourth-order valence-corrected chi connectivity index (χ4v) is 3.64. The van der Waals surface area contributed by atoms with Gasteiger partial charge in [-0.3, -0.25) is 14.5 Å². The first-order chi connectivity index (χ1) is 16.1. The molecule has 2 rings (SSSR count). The predicted molar refractivity (Wildman–Crippen MR) is 129 cm³/mol. The average Bonchev–Trinajstić information content (AvgIpc) is 2.75. The summed E-state index contributed by atoms with van der Waals surface area (Å²) in [6.45, 7) is 5.17. The van der Waals surface area contributed by atoms with Crippen molar-refractivity contribution in [1.82, 2.24) is 10.2 Å². The molecule has 0 fully saturated rings. The van der Waals surface area contributed by atoms with Crippen LogP contribution in [0.4, 0.5) is 5.69 Å². The second kappa shape index (κ2) is 12.9. The van der Waals surface area contributed by atoms with Crippen LogP contribution >= 0.6 is 0 Å². The molecule has 186 valence electrons. The fourth-order valence-electron chi connectivity index (χ4n) is 3.12. The largest absolute Gasteiger partial charge is 0.490 e. The molecule has 0 saturated heterocycles. The van der Waals surface area contributed by atoms with Crippen LogP contribution in [0.3, 0.4) is 0 Å². The number of carbonyl (C=O) groups excluding carboxylic acids is 2. The van der Waals surface area contributed by atoms with E-state index in [1.54, 1.807) is 42.3 Å². The third-order valence-electron chi connectivity index (χ3n) is 4.64. The third-order valence-corrected chi connectivity index (χ3v) is 5.57. The van der Waals surface area contributed by atoms with Gasteiger partial charge in [-0.1, -0.05) is 12.1 Å². The quantitative estimate of drug-likeness (QED) is 0.383. The molecule has 11 heteroatoms. The molecule has 10 nitrogen and oxygen atoms in total. The SMILES string of the molecule is CCOc1ccc(NC(=O)CN(C)CC(=O)NCCc2ccc(S(N)(=O)=O)cc2)cc1OCC. The van der Waals surface area contributed by atoms with Crippen molar-refractivity contribution in [2.45, 2.75) is 25.2 Å². The molecule has 0 aliphatic carbocycles. The zero-order valence-corrected chi connectivity index (χ0v) is 20.5. The Hall–Kier alpha value is -3.15. The molecule has 0 unspecified atom stereocenters. The molecule has 0 bridgehead atoms. The lowest BCUT2D eigenvalue weighted by Crippen LogP contribution is -2.39. The van der Waals surface area contributed by atoms with Crippen LogP contribution in [0.15, 0.2) is 47.4 Å². The summed E-state index contributed by atoms with van der Waals surface area (Å²) in [5, 5.41) is 10.7. The number of likely N-dealkylation sites (N-methyl/N-ethyl adjacent to an activating group) is 1. The van der Waals surface area contributed by atoms with Gasteiger partial charge in [0.2, 0.25) is 21.8 Å². The van der Waals surface area contributed by atoms with Crippen molar-refractivity contribution >= 4 is 27.5 Å². The van der Waals surface area contributed by atoms with Crippen LogP contribution in [0.5, 0.6) is 11.5 Å². The van der Waals surface area contributed by atoms with Crippen LogP contribution in [0.1, 0.15) is 19.4 Å². The van der Waals surface area contributed by atoms with Crippen LogP contribution in [0.2, 0.25) is 0 Å². The van der Waals surface area contributed by atoms with E-state index in [9.17, 15) is 18.0 Å². The van der Waals surface area contributed by atoms with Gasteiger partial charge in [0.15, 0.2) is 11.5 Å². The molecule has 34 heavy (non-hydrogen) atoms. The van der Waals surface area contributed by atoms with Gasteiger partial charge in [0.05, 0.1) is 31.2 Å². The minimum absolute atomic E-state index is 0.0274. The maximum Gasteiger partial charge on any atom is 0.238 e. The highest BCUT2D eigenvalue weighted by atomic mass is 32.2. The number of sulfonamides is 1. The number of primary sulfonamides is 1. The summed E-state index contributed by atoms with van der Waals surface area (Å²) in [5.41, 5.74) is 1.44. The third kappa shape index (κ3) is 9.00. The molecule has 2 aromatic rings. The summed E-state index contributed by atoms with van der Waals surface area (Å²) in [4.78, 5) is 26.2. The second-order valence-electron chi connectivity index (χ2n) is 7.54. The van der Waals surface area contributed by atoms with Gasteiger partial charge in [0.1, 0.15) is 0 Å². The predicted octanol–water partition coefficient (Wildman–Crippen LogP) is 1.36. The van der Waals surface area contributed by atoms with Gasteiger partial charge in [0, 0.05) is 18.3 Å². The van der Waals surface area contributed by atoms with Crippen LogP contribution in [-0.2, 0) is 26.0 Å². The van der Waals surface area contributed by atoms with Crippen LogP contribution in [0, 0.1) is 0 Å². The molecule has 0 radical (unpaired) electrons. The molecule has 2 amide bonds. The molecule has 0 spiro atoms. The summed E-state index contributed by atoms with van der Waals surface area (Å²) in [7, 11) is -2.05. The number of benzene rings is 2. The standard InChI is InChI=1S/C23H32N4O6S/c1-4-32-20-11-8-18(14-21(20)33-5-2)26-23(29)16-27(3)15-22(28)25-13-12-17-6-9-19(10-7-17)34(24,30)31/h6-11,14H,4-5,12-13,15-16H2,1-3H3,(H,25,28)(H,26,29)(H2,24,30,31). The van der Waals surface area contributed by atoms with Crippen molar-refractivity contribution in [3.05, 3.63) is 48.0 Å². The average molecular weight is 493 g/mol. The van der Waals surface area contributed by atoms with Gasteiger partial charge in [-0.15, -0.1) is 0 Å². The Morgan fingerprint density at radius 3 is 2.18 bits per heavy atom. The second-order valence-corrected chi connectivity index (χ2v) is 9.10. The lowest BCUT2D eigenvalue weighted by Gasteiger charge is -2.17. The van der Waals surface area contributed by atoms with Crippen molar-refractivity contribution in [3.63, 3.8) is 0 Å². The van der Waals surface area contributed by atoms with Crippen LogP contribution in [0.25, 0.3) is 0 Å². The summed E-state index contributed by atoms with van der Waals surface area (Å²) < 4.78 is 33.7. The molecule has 0 aliphatic rings. The number of amides is 2. The number of anilines is 1. The highest BCUT2D eigenvalue weighted by Gasteiger charge is 2.13. The van der Waals surface area contributed by atoms with Gasteiger partial charge in [-0.25, -0.2) is 13.6 Å². The lowest BCUT2D eigenvalue weighted by molar-refractivity contribution is -0.122. The normalized spacial score (nSPS) is 11.2. The first-order valence-corrected chi connectivity index (χ1v) is 12.4. The Kier molecular flexibility index (Phi) is 10.3. The fraction of sp³-hybridized carbons (Fsp3) is 0.391. The molecule has 2 aromatic carbocycles. The Morgan fingerprint density at radius 1 is 0.941 bits per heavy atom. The summed E-state index contributed by atoms with van der Waals surface area (Å²) in [5.74, 6) is 0.665. The van der Waals surface area contributed by atoms with Crippen molar-refractivity contribution in [2.75, 3.05) is 45.2 Å². The number of nitrogens with one attached hydrogen (secondary N) is 2. The Morgan fingerprint density at radius 2 is 1.56 bits per heavy atom. The molecule has 0 atom stereocenters. The van der Waals surface area contributed by atoms with Crippen LogP contribution in [-0.4, -0.2) is 65.0 Å². The van der Waals surface area contributed by atoms with E-state index in [0.717, 1.165) is 5.56 Å².